The van der Waals surface area contributed by atoms with Crippen LogP contribution in [0.4, 0.5) is 13.2 Å². The molecule has 1 aliphatic rings. The van der Waals surface area contributed by atoms with E-state index in [-0.39, 0.29) is 48.4 Å². The van der Waals surface area contributed by atoms with Gasteiger partial charge in [-0.25, -0.2) is 18.4 Å². The Bertz CT molecular complexity index is 990. The van der Waals surface area contributed by atoms with Crippen LogP contribution < -0.4 is 0 Å². The van der Waals surface area contributed by atoms with Crippen molar-refractivity contribution in [2.75, 3.05) is 38.2 Å². The van der Waals surface area contributed by atoms with Crippen molar-refractivity contribution in [3.05, 3.63) is 30.1 Å². The number of para-hydroxylation sites is 1. The normalized spacial score (nSPS) is 16.5. The number of sulfonamides is 1. The highest BCUT2D eigenvalue weighted by Gasteiger charge is 2.35. The maximum Gasteiger partial charge on any atom is 0.451 e. The number of carbonyl (C=O) groups excluding carboxylic acids is 1. The molecule has 152 valence electrons. The molecule has 0 radical (unpaired) electrons. The van der Waals surface area contributed by atoms with Crippen LogP contribution in [0.2, 0.25) is 0 Å². The average Bonchev–Trinajstić information content (AvgIpc) is 2.64. The number of thioether (sulfide) groups is 1. The fraction of sp³-hybridized carbons (Fsp3) is 0.438. The molecule has 1 fully saturated rings. The SMILES string of the molecule is CS(=O)(=O)N1CCN(C(=O)CSc2nc(C(F)(F)F)nc3ccccc23)CC1. The van der Waals surface area contributed by atoms with Gasteiger partial charge >= 0.3 is 6.18 Å². The lowest BCUT2D eigenvalue weighted by atomic mass is 10.2. The van der Waals surface area contributed by atoms with Crippen molar-refractivity contribution in [1.82, 2.24) is 19.2 Å². The largest absolute Gasteiger partial charge is 0.451 e. The number of benzene rings is 1. The first kappa shape index (κ1) is 20.8. The summed E-state index contributed by atoms with van der Waals surface area (Å²) in [5.74, 6) is -1.63. The van der Waals surface area contributed by atoms with E-state index >= 15 is 0 Å². The number of rotatable bonds is 4. The lowest BCUT2D eigenvalue weighted by Crippen LogP contribution is -2.50. The van der Waals surface area contributed by atoms with Gasteiger partial charge in [0.05, 0.1) is 17.5 Å². The lowest BCUT2D eigenvalue weighted by Gasteiger charge is -2.33. The number of nitrogens with zero attached hydrogens (tertiary/aromatic N) is 4. The number of carbonyl (C=O) groups is 1. The Hall–Kier alpha value is -1.92. The van der Waals surface area contributed by atoms with E-state index < -0.39 is 22.0 Å². The second-order valence-electron chi connectivity index (χ2n) is 6.20. The summed E-state index contributed by atoms with van der Waals surface area (Å²) in [6, 6.07) is 6.31. The molecule has 0 unspecified atom stereocenters. The summed E-state index contributed by atoms with van der Waals surface area (Å²) in [5, 5.41) is 0.524. The van der Waals surface area contributed by atoms with Gasteiger partial charge in [-0.15, -0.1) is 0 Å². The van der Waals surface area contributed by atoms with Crippen LogP contribution in [-0.2, 0) is 21.0 Å². The van der Waals surface area contributed by atoms with E-state index in [9.17, 15) is 26.4 Å². The Morgan fingerprint density at radius 1 is 1.14 bits per heavy atom. The zero-order chi connectivity index (χ0) is 20.5. The Kier molecular flexibility index (Phi) is 5.82. The molecule has 1 saturated heterocycles. The van der Waals surface area contributed by atoms with Gasteiger partial charge in [-0.2, -0.15) is 17.5 Å². The number of hydrogen-bond donors (Lipinski definition) is 0. The summed E-state index contributed by atoms with van der Waals surface area (Å²) in [7, 11) is -3.31. The molecule has 3 rings (SSSR count). The molecule has 0 bridgehead atoms. The van der Waals surface area contributed by atoms with Crippen LogP contribution in [0.5, 0.6) is 0 Å². The number of hydrogen-bond acceptors (Lipinski definition) is 6. The third-order valence-electron chi connectivity index (χ3n) is 4.21. The van der Waals surface area contributed by atoms with Crippen LogP contribution in [0.25, 0.3) is 10.9 Å². The van der Waals surface area contributed by atoms with E-state index in [0.717, 1.165) is 18.0 Å². The molecule has 0 N–H and O–H groups in total. The van der Waals surface area contributed by atoms with Crippen LogP contribution in [-0.4, -0.2) is 71.7 Å². The first-order valence-corrected chi connectivity index (χ1v) is 11.1. The van der Waals surface area contributed by atoms with Gasteiger partial charge in [-0.05, 0) is 6.07 Å². The van der Waals surface area contributed by atoms with Crippen LogP contribution in [0.15, 0.2) is 29.3 Å². The van der Waals surface area contributed by atoms with Gasteiger partial charge < -0.3 is 4.90 Å². The van der Waals surface area contributed by atoms with Gasteiger partial charge in [-0.3, -0.25) is 4.79 Å². The highest BCUT2D eigenvalue weighted by atomic mass is 32.2. The molecule has 7 nitrogen and oxygen atoms in total. The van der Waals surface area contributed by atoms with Gasteiger partial charge in [0.1, 0.15) is 5.03 Å². The van der Waals surface area contributed by atoms with Crippen molar-refractivity contribution in [3.63, 3.8) is 0 Å². The summed E-state index contributed by atoms with van der Waals surface area (Å²) in [4.78, 5) is 21.1. The smallest absolute Gasteiger partial charge is 0.339 e. The monoisotopic (exact) mass is 434 g/mol. The highest BCUT2D eigenvalue weighted by molar-refractivity contribution is 8.00. The van der Waals surface area contributed by atoms with E-state index in [1.54, 1.807) is 18.2 Å². The molecule has 2 heterocycles. The first-order chi connectivity index (χ1) is 13.1. The third kappa shape index (κ3) is 4.73. The predicted molar refractivity (Wildman–Crippen MR) is 98.3 cm³/mol. The summed E-state index contributed by atoms with van der Waals surface area (Å²) in [6.07, 6.45) is -3.58. The summed E-state index contributed by atoms with van der Waals surface area (Å²) in [5.41, 5.74) is 0.154. The molecule has 0 saturated carbocycles. The summed E-state index contributed by atoms with van der Waals surface area (Å²) < 4.78 is 63.5. The minimum Gasteiger partial charge on any atom is -0.339 e. The number of fused-ring (bicyclic) bond motifs is 1. The molecule has 28 heavy (non-hydrogen) atoms. The Labute approximate surface area is 164 Å². The van der Waals surface area contributed by atoms with Crippen LogP contribution >= 0.6 is 11.8 Å². The topological polar surface area (TPSA) is 83.5 Å². The van der Waals surface area contributed by atoms with Crippen LogP contribution in [0, 0.1) is 0 Å². The minimum absolute atomic E-state index is 0.0843. The fourth-order valence-corrected chi connectivity index (χ4v) is 4.52. The molecular formula is C16H17F3N4O3S2. The van der Waals surface area contributed by atoms with Crippen molar-refractivity contribution in [2.24, 2.45) is 0 Å². The third-order valence-corrected chi connectivity index (χ3v) is 6.49. The Balaban J connectivity index is 1.72. The van der Waals surface area contributed by atoms with Crippen molar-refractivity contribution < 1.29 is 26.4 Å². The van der Waals surface area contributed by atoms with Crippen molar-refractivity contribution in [1.29, 1.82) is 0 Å². The number of alkyl halides is 3. The number of aromatic nitrogens is 2. The van der Waals surface area contributed by atoms with E-state index in [2.05, 4.69) is 9.97 Å². The Morgan fingerprint density at radius 3 is 2.39 bits per heavy atom. The molecule has 2 aromatic rings. The van der Waals surface area contributed by atoms with Crippen LogP contribution in [0.1, 0.15) is 5.82 Å². The lowest BCUT2D eigenvalue weighted by molar-refractivity contribution is -0.145. The maximum atomic E-state index is 13.1. The molecule has 1 aliphatic heterocycles. The molecule has 0 aliphatic carbocycles. The van der Waals surface area contributed by atoms with Crippen molar-refractivity contribution in [3.8, 4) is 0 Å². The molecule has 1 aromatic heterocycles. The van der Waals surface area contributed by atoms with Crippen molar-refractivity contribution in [2.45, 2.75) is 11.2 Å². The standard InChI is InChI=1S/C16H17F3N4O3S2/c1-28(25,26)23-8-6-22(7-9-23)13(24)10-27-14-11-4-2-3-5-12(11)20-15(21-14)16(17,18)19/h2-5H,6-10H2,1H3. The van der Waals surface area contributed by atoms with Crippen LogP contribution in [0.3, 0.4) is 0 Å². The molecule has 12 heteroatoms. The van der Waals surface area contributed by atoms with Crippen molar-refractivity contribution >= 4 is 38.6 Å². The van der Waals surface area contributed by atoms with E-state index in [4.69, 9.17) is 0 Å². The number of amides is 1. The van der Waals surface area contributed by atoms with Gasteiger partial charge in [-0.1, -0.05) is 30.0 Å². The quantitative estimate of drug-likeness (QED) is 0.540. The summed E-state index contributed by atoms with van der Waals surface area (Å²) in [6.45, 7) is 0.878. The number of piperazine rings is 1. The summed E-state index contributed by atoms with van der Waals surface area (Å²) >= 11 is 0.914. The van der Waals surface area contributed by atoms with Gasteiger partial charge in [0.25, 0.3) is 0 Å². The van der Waals surface area contributed by atoms with E-state index in [1.165, 1.54) is 15.3 Å². The molecule has 1 aromatic carbocycles. The first-order valence-electron chi connectivity index (χ1n) is 8.25. The molecular weight excluding hydrogens is 417 g/mol. The van der Waals surface area contributed by atoms with Gasteiger partial charge in [0, 0.05) is 31.6 Å². The maximum absolute atomic E-state index is 13.1. The molecule has 0 spiro atoms. The minimum atomic E-state index is -4.69. The fourth-order valence-electron chi connectivity index (χ4n) is 2.77. The van der Waals surface area contributed by atoms with Gasteiger partial charge in [0.2, 0.25) is 21.8 Å². The predicted octanol–water partition coefficient (Wildman–Crippen LogP) is 1.84. The zero-order valence-corrected chi connectivity index (χ0v) is 16.4. The average molecular weight is 434 g/mol. The zero-order valence-electron chi connectivity index (χ0n) is 14.8. The van der Waals surface area contributed by atoms with E-state index in [1.807, 2.05) is 0 Å². The second kappa shape index (κ2) is 7.84. The number of halogens is 3. The Morgan fingerprint density at radius 2 is 1.79 bits per heavy atom. The highest BCUT2D eigenvalue weighted by Crippen LogP contribution is 2.32. The molecule has 0 atom stereocenters. The second-order valence-corrected chi connectivity index (χ2v) is 9.15. The van der Waals surface area contributed by atoms with E-state index in [0.29, 0.717) is 5.39 Å². The molecule has 1 amide bonds. The van der Waals surface area contributed by atoms with Gasteiger partial charge in [0.15, 0.2) is 0 Å².